The van der Waals surface area contributed by atoms with E-state index in [1.165, 1.54) is 12.8 Å². The van der Waals surface area contributed by atoms with Gasteiger partial charge in [0.2, 0.25) is 0 Å². The Balaban J connectivity index is 1.51. The minimum Gasteiger partial charge on any atom is -0.445 e. The van der Waals surface area contributed by atoms with Crippen LogP contribution in [0.4, 0.5) is 4.79 Å². The highest BCUT2D eigenvalue weighted by molar-refractivity contribution is 5.68. The molecule has 1 aliphatic carbocycles. The van der Waals surface area contributed by atoms with Gasteiger partial charge >= 0.3 is 6.09 Å². The highest BCUT2D eigenvalue weighted by Crippen LogP contribution is 2.30. The molecule has 5 heteroatoms. The van der Waals surface area contributed by atoms with E-state index in [2.05, 4.69) is 4.90 Å². The van der Waals surface area contributed by atoms with Crippen LogP contribution < -0.4 is 5.73 Å². The molecule has 5 nitrogen and oxygen atoms in total. The molecule has 1 aromatic rings. The maximum Gasteiger partial charge on any atom is 0.410 e. The van der Waals surface area contributed by atoms with Gasteiger partial charge in [-0.2, -0.15) is 0 Å². The lowest BCUT2D eigenvalue weighted by Crippen LogP contribution is -2.45. The molecule has 2 fully saturated rings. The number of piperidine rings is 1. The molecule has 1 aromatic carbocycles. The molecule has 2 aliphatic rings. The van der Waals surface area contributed by atoms with E-state index in [9.17, 15) is 4.79 Å². The third-order valence-corrected chi connectivity index (χ3v) is 4.93. The van der Waals surface area contributed by atoms with Crippen molar-refractivity contribution in [1.82, 2.24) is 9.80 Å². The van der Waals surface area contributed by atoms with Gasteiger partial charge < -0.3 is 20.3 Å². The molecule has 0 bridgehead atoms. The average Bonchev–Trinajstić information content (AvgIpc) is 3.44. The van der Waals surface area contributed by atoms with E-state index in [0.29, 0.717) is 25.1 Å². The normalized spacial score (nSPS) is 21.5. The zero-order chi connectivity index (χ0) is 16.8. The molecule has 0 spiro atoms. The molecule has 0 aromatic heterocycles. The summed E-state index contributed by atoms with van der Waals surface area (Å²) in [5, 5.41) is 0. The fourth-order valence-electron chi connectivity index (χ4n) is 3.53. The van der Waals surface area contributed by atoms with Crippen LogP contribution in [0.15, 0.2) is 30.3 Å². The van der Waals surface area contributed by atoms with Crippen molar-refractivity contribution < 1.29 is 9.53 Å². The molecule has 1 saturated heterocycles. The topological polar surface area (TPSA) is 58.8 Å². The summed E-state index contributed by atoms with van der Waals surface area (Å²) < 4.78 is 5.56. The molecule has 1 unspecified atom stereocenters. The second kappa shape index (κ2) is 8.49. The second-order valence-electron chi connectivity index (χ2n) is 7.02. The van der Waals surface area contributed by atoms with Gasteiger partial charge in [0.25, 0.3) is 0 Å². The van der Waals surface area contributed by atoms with Crippen LogP contribution in [0.1, 0.15) is 31.2 Å². The SMILES string of the molecule is NCCN1CCCC(CN(C(=O)OCc2ccccc2)C2CC2)C1. The van der Waals surface area contributed by atoms with Crippen LogP contribution in [0.5, 0.6) is 0 Å². The quantitative estimate of drug-likeness (QED) is 0.834. The molecule has 2 N–H and O–H groups in total. The fraction of sp³-hybridized carbons (Fsp3) is 0.632. The standard InChI is InChI=1S/C19H29N3O2/c20-10-12-21-11-4-7-17(13-21)14-22(18-8-9-18)19(23)24-15-16-5-2-1-3-6-16/h1-3,5-6,17-18H,4,7-15,20H2. The zero-order valence-electron chi connectivity index (χ0n) is 14.4. The lowest BCUT2D eigenvalue weighted by molar-refractivity contribution is 0.0764. The van der Waals surface area contributed by atoms with Crippen LogP contribution in [0.2, 0.25) is 0 Å². The molecule has 3 rings (SSSR count). The predicted octanol–water partition coefficient (Wildman–Crippen LogP) is 2.46. The number of carbonyl (C=O) groups is 1. The van der Waals surface area contributed by atoms with Gasteiger partial charge in [0.1, 0.15) is 6.61 Å². The number of hydrogen-bond acceptors (Lipinski definition) is 4. The number of hydrogen-bond donors (Lipinski definition) is 1. The summed E-state index contributed by atoms with van der Waals surface area (Å²) in [6.45, 7) is 5.02. The Hall–Kier alpha value is -1.59. The predicted molar refractivity (Wildman–Crippen MR) is 94.6 cm³/mol. The van der Waals surface area contributed by atoms with E-state index in [-0.39, 0.29) is 6.09 Å². The molecular formula is C19H29N3O2. The number of benzene rings is 1. The number of amides is 1. The smallest absolute Gasteiger partial charge is 0.410 e. The maximum absolute atomic E-state index is 12.5. The monoisotopic (exact) mass is 331 g/mol. The van der Waals surface area contributed by atoms with Gasteiger partial charge in [-0.1, -0.05) is 30.3 Å². The lowest BCUT2D eigenvalue weighted by atomic mass is 9.97. The Kier molecular flexibility index (Phi) is 6.10. The molecule has 1 saturated carbocycles. The molecule has 132 valence electrons. The van der Waals surface area contributed by atoms with Crippen LogP contribution in [-0.2, 0) is 11.3 Å². The van der Waals surface area contributed by atoms with E-state index in [1.54, 1.807) is 0 Å². The van der Waals surface area contributed by atoms with Gasteiger partial charge in [0.15, 0.2) is 0 Å². The van der Waals surface area contributed by atoms with E-state index < -0.39 is 0 Å². The lowest BCUT2D eigenvalue weighted by Gasteiger charge is -2.35. The molecule has 1 aliphatic heterocycles. The van der Waals surface area contributed by atoms with Crippen molar-refractivity contribution in [1.29, 1.82) is 0 Å². The summed E-state index contributed by atoms with van der Waals surface area (Å²) in [4.78, 5) is 16.9. The first kappa shape index (κ1) is 17.2. The fourth-order valence-corrected chi connectivity index (χ4v) is 3.53. The first-order valence-electron chi connectivity index (χ1n) is 9.16. The zero-order valence-corrected chi connectivity index (χ0v) is 14.4. The third-order valence-electron chi connectivity index (χ3n) is 4.93. The van der Waals surface area contributed by atoms with Crippen LogP contribution in [0.3, 0.4) is 0 Å². The van der Waals surface area contributed by atoms with Crippen molar-refractivity contribution in [2.45, 2.75) is 38.3 Å². The minimum atomic E-state index is -0.155. The Morgan fingerprint density at radius 1 is 1.25 bits per heavy atom. The van der Waals surface area contributed by atoms with Crippen LogP contribution in [0, 0.1) is 5.92 Å². The number of likely N-dealkylation sites (tertiary alicyclic amines) is 1. The number of nitrogens with zero attached hydrogens (tertiary/aromatic N) is 2. The number of ether oxygens (including phenoxy) is 1. The van der Waals surface area contributed by atoms with E-state index in [0.717, 1.165) is 44.6 Å². The van der Waals surface area contributed by atoms with Gasteiger partial charge in [-0.3, -0.25) is 0 Å². The van der Waals surface area contributed by atoms with Crippen LogP contribution >= 0.6 is 0 Å². The highest BCUT2D eigenvalue weighted by atomic mass is 16.6. The van der Waals surface area contributed by atoms with Crippen molar-refractivity contribution in [3.05, 3.63) is 35.9 Å². The molecule has 1 atom stereocenters. The summed E-state index contributed by atoms with van der Waals surface area (Å²) in [7, 11) is 0. The number of carbonyl (C=O) groups excluding carboxylic acids is 1. The van der Waals surface area contributed by atoms with Crippen molar-refractivity contribution in [2.75, 3.05) is 32.7 Å². The summed E-state index contributed by atoms with van der Waals surface area (Å²) >= 11 is 0. The van der Waals surface area contributed by atoms with E-state index in [1.807, 2.05) is 35.2 Å². The average molecular weight is 331 g/mol. The Morgan fingerprint density at radius 2 is 2.04 bits per heavy atom. The summed E-state index contributed by atoms with van der Waals surface area (Å²) in [6.07, 6.45) is 4.45. The Bertz CT molecular complexity index is 517. The molecule has 1 amide bonds. The molecular weight excluding hydrogens is 302 g/mol. The van der Waals surface area contributed by atoms with Crippen molar-refractivity contribution >= 4 is 6.09 Å². The molecule has 24 heavy (non-hydrogen) atoms. The van der Waals surface area contributed by atoms with Crippen molar-refractivity contribution in [2.24, 2.45) is 11.7 Å². The number of rotatable bonds is 7. The number of nitrogens with two attached hydrogens (primary N) is 1. The molecule has 1 heterocycles. The second-order valence-corrected chi connectivity index (χ2v) is 7.02. The maximum atomic E-state index is 12.5. The minimum absolute atomic E-state index is 0.155. The first-order valence-corrected chi connectivity index (χ1v) is 9.16. The van der Waals surface area contributed by atoms with Crippen molar-refractivity contribution in [3.8, 4) is 0 Å². The van der Waals surface area contributed by atoms with Crippen LogP contribution in [0.25, 0.3) is 0 Å². The van der Waals surface area contributed by atoms with Crippen LogP contribution in [-0.4, -0.2) is 54.7 Å². The van der Waals surface area contributed by atoms with E-state index in [4.69, 9.17) is 10.5 Å². The van der Waals surface area contributed by atoms with Gasteiger partial charge in [-0.15, -0.1) is 0 Å². The summed E-state index contributed by atoms with van der Waals surface area (Å²) in [5.74, 6) is 0.537. The summed E-state index contributed by atoms with van der Waals surface area (Å²) in [5.41, 5.74) is 6.72. The van der Waals surface area contributed by atoms with Gasteiger partial charge in [0, 0.05) is 32.2 Å². The van der Waals surface area contributed by atoms with Gasteiger partial charge in [0.05, 0.1) is 0 Å². The van der Waals surface area contributed by atoms with Gasteiger partial charge in [-0.05, 0) is 43.7 Å². The first-order chi connectivity index (χ1) is 11.8. The largest absolute Gasteiger partial charge is 0.445 e. The molecule has 0 radical (unpaired) electrons. The highest BCUT2D eigenvalue weighted by Gasteiger charge is 2.35. The summed E-state index contributed by atoms with van der Waals surface area (Å²) in [6, 6.07) is 10.3. The van der Waals surface area contributed by atoms with Gasteiger partial charge in [-0.25, -0.2) is 4.79 Å². The Morgan fingerprint density at radius 3 is 2.75 bits per heavy atom. The third kappa shape index (κ3) is 4.95. The Labute approximate surface area is 144 Å². The van der Waals surface area contributed by atoms with Crippen molar-refractivity contribution in [3.63, 3.8) is 0 Å². The van der Waals surface area contributed by atoms with E-state index >= 15 is 0 Å².